The van der Waals surface area contributed by atoms with Gasteiger partial charge in [0.1, 0.15) is 18.9 Å². The van der Waals surface area contributed by atoms with Crippen LogP contribution in [0.5, 0.6) is 11.5 Å². The van der Waals surface area contributed by atoms with E-state index in [1.807, 2.05) is 0 Å². The molecule has 0 saturated carbocycles. The van der Waals surface area contributed by atoms with E-state index in [2.05, 4.69) is 4.98 Å². The summed E-state index contributed by atoms with van der Waals surface area (Å²) >= 11 is 5.70. The van der Waals surface area contributed by atoms with Crippen LogP contribution in [0, 0.1) is 0 Å². The largest absolute Gasteiger partial charge is 0.486 e. The van der Waals surface area contributed by atoms with Crippen LogP contribution in [0.25, 0.3) is 0 Å². The zero-order valence-electron chi connectivity index (χ0n) is 11.4. The fourth-order valence-corrected chi connectivity index (χ4v) is 2.16. The van der Waals surface area contributed by atoms with Gasteiger partial charge in [0.2, 0.25) is 0 Å². The van der Waals surface area contributed by atoms with Gasteiger partial charge in [0, 0.05) is 11.8 Å². The SMILES string of the molecule is O=C(COC(=O)c1cc(Cl)c[nH]1)c1ccc2c(c1)OCCO2. The molecular formula is C15H12ClNO5. The zero-order chi connectivity index (χ0) is 15.5. The first-order valence-corrected chi connectivity index (χ1v) is 6.95. The average Bonchev–Trinajstić information content (AvgIpc) is 2.98. The van der Waals surface area contributed by atoms with E-state index in [-0.39, 0.29) is 18.1 Å². The second-order valence-corrected chi connectivity index (χ2v) is 5.03. The van der Waals surface area contributed by atoms with E-state index in [9.17, 15) is 9.59 Å². The average molecular weight is 322 g/mol. The Morgan fingerprint density at radius 1 is 1.18 bits per heavy atom. The van der Waals surface area contributed by atoms with E-state index in [0.29, 0.717) is 35.3 Å². The summed E-state index contributed by atoms with van der Waals surface area (Å²) < 4.78 is 15.7. The molecule has 2 aromatic rings. The van der Waals surface area contributed by atoms with Crippen molar-refractivity contribution in [3.8, 4) is 11.5 Å². The third-order valence-corrected chi connectivity index (χ3v) is 3.28. The molecule has 1 aromatic heterocycles. The van der Waals surface area contributed by atoms with Crippen LogP contribution in [0.1, 0.15) is 20.8 Å². The number of carbonyl (C=O) groups is 2. The lowest BCUT2D eigenvalue weighted by atomic mass is 10.1. The molecule has 0 bridgehead atoms. The Hall–Kier alpha value is -2.47. The Bertz CT molecular complexity index is 724. The van der Waals surface area contributed by atoms with Gasteiger partial charge < -0.3 is 19.2 Å². The van der Waals surface area contributed by atoms with E-state index < -0.39 is 5.97 Å². The number of nitrogens with one attached hydrogen (secondary N) is 1. The molecule has 0 aliphatic carbocycles. The number of carbonyl (C=O) groups excluding carboxylic acids is 2. The Morgan fingerprint density at radius 3 is 2.68 bits per heavy atom. The van der Waals surface area contributed by atoms with Crippen LogP contribution in [-0.4, -0.2) is 36.6 Å². The molecule has 6 nitrogen and oxygen atoms in total. The van der Waals surface area contributed by atoms with Gasteiger partial charge in [-0.1, -0.05) is 11.6 Å². The number of aromatic nitrogens is 1. The number of esters is 1. The Kier molecular flexibility index (Phi) is 4.02. The minimum Gasteiger partial charge on any atom is -0.486 e. The predicted octanol–water partition coefficient (Wildman–Crippen LogP) is 2.48. The highest BCUT2D eigenvalue weighted by atomic mass is 35.5. The number of aromatic amines is 1. The molecule has 0 spiro atoms. The quantitative estimate of drug-likeness (QED) is 0.691. The smallest absolute Gasteiger partial charge is 0.355 e. The molecule has 0 radical (unpaired) electrons. The summed E-state index contributed by atoms with van der Waals surface area (Å²) in [4.78, 5) is 26.4. The monoisotopic (exact) mass is 321 g/mol. The first-order chi connectivity index (χ1) is 10.6. The molecular weight excluding hydrogens is 310 g/mol. The molecule has 1 N–H and O–H groups in total. The third-order valence-electron chi connectivity index (χ3n) is 3.07. The molecule has 0 atom stereocenters. The lowest BCUT2D eigenvalue weighted by Crippen LogP contribution is -2.17. The Morgan fingerprint density at radius 2 is 1.95 bits per heavy atom. The maximum absolute atomic E-state index is 12.1. The van der Waals surface area contributed by atoms with Crippen LogP contribution in [0.15, 0.2) is 30.5 Å². The lowest BCUT2D eigenvalue weighted by Gasteiger charge is -2.18. The number of ketones is 1. The predicted molar refractivity (Wildman–Crippen MR) is 77.8 cm³/mol. The molecule has 1 aliphatic rings. The van der Waals surface area contributed by atoms with E-state index in [1.165, 1.54) is 12.3 Å². The zero-order valence-corrected chi connectivity index (χ0v) is 12.2. The first-order valence-electron chi connectivity index (χ1n) is 6.57. The second-order valence-electron chi connectivity index (χ2n) is 4.59. The van der Waals surface area contributed by atoms with Crippen LogP contribution < -0.4 is 9.47 Å². The summed E-state index contributed by atoms with van der Waals surface area (Å²) in [7, 11) is 0. The van der Waals surface area contributed by atoms with Crippen molar-refractivity contribution in [2.45, 2.75) is 0 Å². The number of benzene rings is 1. The number of rotatable bonds is 4. The topological polar surface area (TPSA) is 77.6 Å². The van der Waals surface area contributed by atoms with E-state index in [4.69, 9.17) is 25.8 Å². The van der Waals surface area contributed by atoms with Crippen LogP contribution in [0.3, 0.4) is 0 Å². The molecule has 114 valence electrons. The molecule has 0 amide bonds. The Labute approximate surface area is 130 Å². The highest BCUT2D eigenvalue weighted by molar-refractivity contribution is 6.30. The normalized spacial score (nSPS) is 12.8. The fraction of sp³-hybridized carbons (Fsp3) is 0.200. The highest BCUT2D eigenvalue weighted by Crippen LogP contribution is 2.30. The number of ether oxygens (including phenoxy) is 3. The van der Waals surface area contributed by atoms with Crippen molar-refractivity contribution < 1.29 is 23.8 Å². The van der Waals surface area contributed by atoms with Gasteiger partial charge in [0.05, 0.1) is 5.02 Å². The molecule has 1 aliphatic heterocycles. The molecule has 1 aromatic carbocycles. The summed E-state index contributed by atoms with van der Waals surface area (Å²) in [5.74, 6) is 0.140. The standard InChI is InChI=1S/C15H12ClNO5/c16-10-6-11(17-7-10)15(19)22-8-12(18)9-1-2-13-14(5-9)21-4-3-20-13/h1-2,5-7,17H,3-4,8H2. The summed E-state index contributed by atoms with van der Waals surface area (Å²) in [5, 5.41) is 0.394. The second kappa shape index (κ2) is 6.11. The van der Waals surface area contributed by atoms with Gasteiger partial charge in [-0.25, -0.2) is 4.79 Å². The van der Waals surface area contributed by atoms with Crippen molar-refractivity contribution in [2.24, 2.45) is 0 Å². The lowest BCUT2D eigenvalue weighted by molar-refractivity contribution is 0.0469. The minimum atomic E-state index is -0.641. The number of hydrogen-bond donors (Lipinski definition) is 1. The third kappa shape index (κ3) is 3.07. The van der Waals surface area contributed by atoms with Crippen LogP contribution in [-0.2, 0) is 4.74 Å². The summed E-state index contributed by atoms with van der Waals surface area (Å²) in [6.45, 7) is 0.555. The number of halogens is 1. The van der Waals surface area contributed by atoms with Gasteiger partial charge in [-0.05, 0) is 24.3 Å². The van der Waals surface area contributed by atoms with Gasteiger partial charge in [-0.3, -0.25) is 4.79 Å². The summed E-state index contributed by atoms with van der Waals surface area (Å²) in [6.07, 6.45) is 1.46. The van der Waals surface area contributed by atoms with Crippen LogP contribution in [0.4, 0.5) is 0 Å². The van der Waals surface area contributed by atoms with E-state index in [1.54, 1.807) is 18.2 Å². The molecule has 3 rings (SSSR count). The van der Waals surface area contributed by atoms with Crippen molar-refractivity contribution in [2.75, 3.05) is 19.8 Å². The number of hydrogen-bond acceptors (Lipinski definition) is 5. The summed E-state index contributed by atoms with van der Waals surface area (Å²) in [6, 6.07) is 6.28. The van der Waals surface area contributed by atoms with Crippen LogP contribution >= 0.6 is 11.6 Å². The number of Topliss-reactive ketones (excluding diaryl/α,β-unsaturated/α-hetero) is 1. The maximum Gasteiger partial charge on any atom is 0.355 e. The van der Waals surface area contributed by atoms with E-state index in [0.717, 1.165) is 0 Å². The van der Waals surface area contributed by atoms with Gasteiger partial charge in [0.15, 0.2) is 23.9 Å². The van der Waals surface area contributed by atoms with Gasteiger partial charge >= 0.3 is 5.97 Å². The van der Waals surface area contributed by atoms with Crippen molar-refractivity contribution in [1.29, 1.82) is 0 Å². The molecule has 0 saturated heterocycles. The molecule has 0 unspecified atom stereocenters. The van der Waals surface area contributed by atoms with Crippen molar-refractivity contribution in [3.05, 3.63) is 46.7 Å². The molecule has 7 heteroatoms. The molecule has 0 fully saturated rings. The van der Waals surface area contributed by atoms with E-state index >= 15 is 0 Å². The number of H-pyrrole nitrogens is 1. The summed E-state index contributed by atoms with van der Waals surface area (Å²) in [5.41, 5.74) is 0.585. The first kappa shape index (κ1) is 14.5. The maximum atomic E-state index is 12.1. The Balaban J connectivity index is 1.63. The van der Waals surface area contributed by atoms with Gasteiger partial charge in [-0.15, -0.1) is 0 Å². The van der Waals surface area contributed by atoms with Crippen LogP contribution in [0.2, 0.25) is 5.02 Å². The highest BCUT2D eigenvalue weighted by Gasteiger charge is 2.17. The van der Waals surface area contributed by atoms with Gasteiger partial charge in [0.25, 0.3) is 0 Å². The minimum absolute atomic E-state index is 0.194. The fourth-order valence-electron chi connectivity index (χ4n) is 1.99. The number of fused-ring (bicyclic) bond motifs is 1. The molecule has 22 heavy (non-hydrogen) atoms. The molecule has 2 heterocycles. The van der Waals surface area contributed by atoms with Crippen molar-refractivity contribution in [1.82, 2.24) is 4.98 Å². The van der Waals surface area contributed by atoms with Crippen molar-refractivity contribution in [3.63, 3.8) is 0 Å². The van der Waals surface area contributed by atoms with Gasteiger partial charge in [-0.2, -0.15) is 0 Å². The van der Waals surface area contributed by atoms with Crippen molar-refractivity contribution >= 4 is 23.4 Å².